The lowest BCUT2D eigenvalue weighted by atomic mass is 9.94. The standard InChI is InChI=1S/C23H39N5O3/c1-16(2)14-28(18-10-17(15-29)11-24-12-18)21(30)19-13-26-22(23(3,4)5)27-20(19)25-8-7-9-31-6/h13,15-18,24H,7-12,14H2,1-6H3,(H,25,26,27). The quantitative estimate of drug-likeness (QED) is 0.432. The van der Waals surface area contributed by atoms with E-state index in [1.54, 1.807) is 13.3 Å². The average Bonchev–Trinajstić information content (AvgIpc) is 2.73. The van der Waals surface area contributed by atoms with E-state index < -0.39 is 0 Å². The molecule has 0 aliphatic carbocycles. The molecule has 1 aliphatic heterocycles. The van der Waals surface area contributed by atoms with Crippen molar-refractivity contribution in [1.29, 1.82) is 0 Å². The normalized spacial score (nSPS) is 19.3. The van der Waals surface area contributed by atoms with E-state index in [2.05, 4.69) is 50.2 Å². The lowest BCUT2D eigenvalue weighted by molar-refractivity contribution is -0.112. The molecule has 2 atom stereocenters. The molecule has 1 fully saturated rings. The molecule has 8 heteroatoms. The number of aromatic nitrogens is 2. The van der Waals surface area contributed by atoms with Crippen LogP contribution in [0.5, 0.6) is 0 Å². The number of anilines is 1. The molecule has 0 radical (unpaired) electrons. The molecule has 1 amide bonds. The van der Waals surface area contributed by atoms with Crippen molar-refractivity contribution in [2.75, 3.05) is 45.2 Å². The molecule has 1 aromatic rings. The highest BCUT2D eigenvalue weighted by Crippen LogP contribution is 2.25. The first-order valence-electron chi connectivity index (χ1n) is 11.2. The van der Waals surface area contributed by atoms with Gasteiger partial charge in [0, 0.05) is 63.5 Å². The van der Waals surface area contributed by atoms with Crippen molar-refractivity contribution >= 4 is 18.0 Å². The van der Waals surface area contributed by atoms with Crippen molar-refractivity contribution in [3.8, 4) is 0 Å². The van der Waals surface area contributed by atoms with E-state index in [0.29, 0.717) is 62.3 Å². The number of ether oxygens (including phenoxy) is 1. The average molecular weight is 434 g/mol. The summed E-state index contributed by atoms with van der Waals surface area (Å²) >= 11 is 0. The fourth-order valence-corrected chi connectivity index (χ4v) is 3.70. The lowest BCUT2D eigenvalue weighted by Crippen LogP contribution is -2.52. The predicted octanol–water partition coefficient (Wildman–Crippen LogP) is 2.50. The van der Waals surface area contributed by atoms with E-state index in [4.69, 9.17) is 9.72 Å². The molecule has 2 rings (SSSR count). The molecular weight excluding hydrogens is 394 g/mol. The predicted molar refractivity (Wildman–Crippen MR) is 122 cm³/mol. The van der Waals surface area contributed by atoms with Gasteiger partial charge in [0.2, 0.25) is 0 Å². The molecule has 0 spiro atoms. The molecule has 2 N–H and O–H groups in total. The van der Waals surface area contributed by atoms with E-state index in [0.717, 1.165) is 12.7 Å². The fourth-order valence-electron chi connectivity index (χ4n) is 3.70. The van der Waals surface area contributed by atoms with Crippen LogP contribution in [0.1, 0.15) is 63.6 Å². The Morgan fingerprint density at radius 2 is 2.13 bits per heavy atom. The molecule has 0 aromatic carbocycles. The van der Waals surface area contributed by atoms with Crippen LogP contribution in [0.15, 0.2) is 6.20 Å². The molecule has 1 aliphatic rings. The van der Waals surface area contributed by atoms with Gasteiger partial charge in [0.15, 0.2) is 0 Å². The van der Waals surface area contributed by atoms with Gasteiger partial charge in [-0.1, -0.05) is 34.6 Å². The number of hydrogen-bond donors (Lipinski definition) is 2. The molecule has 174 valence electrons. The van der Waals surface area contributed by atoms with Crippen LogP contribution < -0.4 is 10.6 Å². The highest BCUT2D eigenvalue weighted by molar-refractivity contribution is 5.98. The minimum absolute atomic E-state index is 0.0394. The second kappa shape index (κ2) is 11.5. The number of nitrogens with one attached hydrogen (secondary N) is 2. The smallest absolute Gasteiger partial charge is 0.259 e. The van der Waals surface area contributed by atoms with Crippen LogP contribution in [0, 0.1) is 11.8 Å². The van der Waals surface area contributed by atoms with Crippen LogP contribution in [0.2, 0.25) is 0 Å². The first kappa shape index (κ1) is 25.2. The van der Waals surface area contributed by atoms with E-state index in [1.807, 2.05) is 4.90 Å². The van der Waals surface area contributed by atoms with Gasteiger partial charge >= 0.3 is 0 Å². The third-order valence-electron chi connectivity index (χ3n) is 5.32. The summed E-state index contributed by atoms with van der Waals surface area (Å²) in [6, 6.07) is -0.0394. The molecule has 1 saturated heterocycles. The Morgan fingerprint density at radius 3 is 2.74 bits per heavy atom. The van der Waals surface area contributed by atoms with E-state index in [-0.39, 0.29) is 23.3 Å². The van der Waals surface area contributed by atoms with Crippen LogP contribution in [-0.2, 0) is 14.9 Å². The minimum Gasteiger partial charge on any atom is -0.385 e. The van der Waals surface area contributed by atoms with Crippen molar-refractivity contribution < 1.29 is 14.3 Å². The van der Waals surface area contributed by atoms with Crippen LogP contribution in [0.3, 0.4) is 0 Å². The molecule has 31 heavy (non-hydrogen) atoms. The van der Waals surface area contributed by atoms with Crippen molar-refractivity contribution in [1.82, 2.24) is 20.2 Å². The van der Waals surface area contributed by atoms with Gasteiger partial charge in [-0.15, -0.1) is 0 Å². The Kier molecular flexibility index (Phi) is 9.37. The fraction of sp³-hybridized carbons (Fsp3) is 0.739. The number of methoxy groups -OCH3 is 1. The number of carbonyl (C=O) groups is 2. The highest BCUT2D eigenvalue weighted by Gasteiger charge is 2.32. The number of aldehydes is 1. The summed E-state index contributed by atoms with van der Waals surface area (Å²) in [5.41, 5.74) is 0.242. The third-order valence-corrected chi connectivity index (χ3v) is 5.32. The largest absolute Gasteiger partial charge is 0.385 e. The minimum atomic E-state index is -0.230. The van der Waals surface area contributed by atoms with Crippen molar-refractivity contribution in [3.05, 3.63) is 17.6 Å². The summed E-state index contributed by atoms with van der Waals surface area (Å²) in [6.07, 6.45) is 4.12. The van der Waals surface area contributed by atoms with Gasteiger partial charge in [0.05, 0.1) is 0 Å². The number of nitrogens with zero attached hydrogens (tertiary/aromatic N) is 3. The van der Waals surface area contributed by atoms with Crippen molar-refractivity contribution in [3.63, 3.8) is 0 Å². The number of rotatable bonds is 10. The Hall–Kier alpha value is -2.06. The van der Waals surface area contributed by atoms with Crippen LogP contribution in [0.4, 0.5) is 5.82 Å². The second-order valence-corrected chi connectivity index (χ2v) is 9.77. The van der Waals surface area contributed by atoms with Gasteiger partial charge in [-0.3, -0.25) is 4.79 Å². The number of carbonyl (C=O) groups excluding carboxylic acids is 2. The molecule has 1 aromatic heterocycles. The number of piperidine rings is 1. The van der Waals surface area contributed by atoms with Crippen molar-refractivity contribution in [2.24, 2.45) is 11.8 Å². The lowest BCUT2D eigenvalue weighted by Gasteiger charge is -2.38. The first-order valence-corrected chi connectivity index (χ1v) is 11.2. The zero-order valence-corrected chi connectivity index (χ0v) is 19.9. The Balaban J connectivity index is 2.35. The summed E-state index contributed by atoms with van der Waals surface area (Å²) < 4.78 is 5.13. The summed E-state index contributed by atoms with van der Waals surface area (Å²) in [5.74, 6) is 1.38. The Labute approximate surface area is 186 Å². The Morgan fingerprint density at radius 1 is 1.39 bits per heavy atom. The van der Waals surface area contributed by atoms with Crippen LogP contribution in [0.25, 0.3) is 0 Å². The van der Waals surface area contributed by atoms with Gasteiger partial charge in [-0.25, -0.2) is 9.97 Å². The maximum absolute atomic E-state index is 13.7. The molecular formula is C23H39N5O3. The molecule has 0 bridgehead atoms. The van der Waals surface area contributed by atoms with Gasteiger partial charge < -0.3 is 25.1 Å². The maximum Gasteiger partial charge on any atom is 0.259 e. The monoisotopic (exact) mass is 433 g/mol. The van der Waals surface area contributed by atoms with E-state index in [9.17, 15) is 9.59 Å². The zero-order valence-electron chi connectivity index (χ0n) is 19.9. The second-order valence-electron chi connectivity index (χ2n) is 9.77. The zero-order chi connectivity index (χ0) is 23.0. The maximum atomic E-state index is 13.7. The van der Waals surface area contributed by atoms with E-state index >= 15 is 0 Å². The van der Waals surface area contributed by atoms with Gasteiger partial charge in [0.25, 0.3) is 5.91 Å². The van der Waals surface area contributed by atoms with Gasteiger partial charge in [0.1, 0.15) is 23.5 Å². The van der Waals surface area contributed by atoms with E-state index in [1.165, 1.54) is 0 Å². The van der Waals surface area contributed by atoms with Crippen LogP contribution >= 0.6 is 0 Å². The summed E-state index contributed by atoms with van der Waals surface area (Å²) in [7, 11) is 1.67. The van der Waals surface area contributed by atoms with Crippen molar-refractivity contribution in [2.45, 2.75) is 58.9 Å². The van der Waals surface area contributed by atoms with Gasteiger partial charge in [-0.05, 0) is 18.8 Å². The van der Waals surface area contributed by atoms with Crippen LogP contribution in [-0.4, -0.2) is 73.0 Å². The molecule has 0 saturated carbocycles. The highest BCUT2D eigenvalue weighted by atomic mass is 16.5. The first-order chi connectivity index (χ1) is 14.7. The summed E-state index contributed by atoms with van der Waals surface area (Å²) in [4.78, 5) is 36.2. The molecule has 2 unspecified atom stereocenters. The molecule has 8 nitrogen and oxygen atoms in total. The topological polar surface area (TPSA) is 96.4 Å². The molecule has 2 heterocycles. The number of hydrogen-bond acceptors (Lipinski definition) is 7. The SMILES string of the molecule is COCCCNc1nc(C(C)(C)C)ncc1C(=O)N(CC(C)C)C1CNCC(C=O)C1. The third kappa shape index (κ3) is 7.25. The summed E-state index contributed by atoms with van der Waals surface area (Å²) in [5, 5.41) is 6.62. The Bertz CT molecular complexity index is 732. The van der Waals surface area contributed by atoms with Gasteiger partial charge in [-0.2, -0.15) is 0 Å². The summed E-state index contributed by atoms with van der Waals surface area (Å²) in [6.45, 7) is 13.6. The number of amides is 1.